The highest BCUT2D eigenvalue weighted by Crippen LogP contribution is 1.95. The van der Waals surface area contributed by atoms with Gasteiger partial charge in [0.1, 0.15) is 13.2 Å². The van der Waals surface area contributed by atoms with Gasteiger partial charge in [-0.1, -0.05) is 6.58 Å². The molecular formula is C10H21NO5S. The molecule has 0 heterocycles. The van der Waals surface area contributed by atoms with E-state index in [-0.39, 0.29) is 5.97 Å². The Balaban J connectivity index is 0. The van der Waals surface area contributed by atoms with Crippen molar-refractivity contribution < 1.29 is 27.0 Å². The normalized spacial score (nSPS) is 11.1. The fourth-order valence-corrected chi connectivity index (χ4v) is 0.610. The summed E-state index contributed by atoms with van der Waals surface area (Å²) in [5, 5.41) is 0. The Morgan fingerprint density at radius 2 is 1.88 bits per heavy atom. The average molecular weight is 267 g/mol. The van der Waals surface area contributed by atoms with Crippen molar-refractivity contribution in [1.82, 2.24) is 0 Å². The number of nitrogens with zero attached hydrogens (tertiary/aromatic N) is 1. The van der Waals surface area contributed by atoms with Gasteiger partial charge in [-0.3, -0.25) is 0 Å². The Bertz CT molecular complexity index is 327. The standard InChI is InChI=1S/C9H18NO2.CH4O3S/c1-5-9(11)12-8-7-10(3,4)6-2;1-5(2,3)4/h5H,1,6-8H2,2-4H3;1H3,(H,2,3,4)/q+1;/p-1. The zero-order valence-electron chi connectivity index (χ0n) is 10.8. The van der Waals surface area contributed by atoms with Gasteiger partial charge in [-0.15, -0.1) is 0 Å². The Morgan fingerprint density at radius 1 is 1.47 bits per heavy atom. The zero-order valence-corrected chi connectivity index (χ0v) is 11.6. The first-order chi connectivity index (χ1) is 7.52. The third-order valence-electron chi connectivity index (χ3n) is 1.96. The summed E-state index contributed by atoms with van der Waals surface area (Å²) >= 11 is 0. The number of hydrogen-bond acceptors (Lipinski definition) is 5. The molecule has 0 bridgehead atoms. The van der Waals surface area contributed by atoms with Gasteiger partial charge in [0, 0.05) is 12.3 Å². The lowest BCUT2D eigenvalue weighted by Crippen LogP contribution is -2.42. The lowest BCUT2D eigenvalue weighted by molar-refractivity contribution is -0.888. The highest BCUT2D eigenvalue weighted by Gasteiger charge is 2.11. The summed E-state index contributed by atoms with van der Waals surface area (Å²) in [5.74, 6) is -0.342. The fraction of sp³-hybridized carbons (Fsp3) is 0.700. The largest absolute Gasteiger partial charge is 0.748 e. The molecule has 0 unspecified atom stereocenters. The highest BCUT2D eigenvalue weighted by atomic mass is 32.2. The maximum absolute atomic E-state index is 10.6. The molecule has 0 aromatic rings. The van der Waals surface area contributed by atoms with E-state index in [4.69, 9.17) is 17.7 Å². The van der Waals surface area contributed by atoms with Crippen LogP contribution in [-0.4, -0.2) is 63.5 Å². The van der Waals surface area contributed by atoms with Gasteiger partial charge >= 0.3 is 5.97 Å². The number of carbonyl (C=O) groups excluding carboxylic acids is 1. The molecule has 0 aromatic carbocycles. The molecule has 7 heteroatoms. The topological polar surface area (TPSA) is 83.5 Å². The van der Waals surface area contributed by atoms with Gasteiger partial charge in [0.2, 0.25) is 0 Å². The van der Waals surface area contributed by atoms with Crippen LogP contribution in [-0.2, 0) is 19.6 Å². The first-order valence-corrected chi connectivity index (χ1v) is 6.85. The molecule has 0 atom stereocenters. The monoisotopic (exact) mass is 267 g/mol. The van der Waals surface area contributed by atoms with Gasteiger partial charge in [0.15, 0.2) is 0 Å². The van der Waals surface area contributed by atoms with E-state index >= 15 is 0 Å². The van der Waals surface area contributed by atoms with Crippen molar-refractivity contribution in [2.45, 2.75) is 6.92 Å². The lowest BCUT2D eigenvalue weighted by Gasteiger charge is -2.27. The summed E-state index contributed by atoms with van der Waals surface area (Å²) in [4.78, 5) is 10.6. The van der Waals surface area contributed by atoms with Crippen LogP contribution in [0.1, 0.15) is 6.92 Å². The van der Waals surface area contributed by atoms with Gasteiger partial charge < -0.3 is 13.8 Å². The molecule has 0 amide bonds. The highest BCUT2D eigenvalue weighted by molar-refractivity contribution is 7.84. The quantitative estimate of drug-likeness (QED) is 0.302. The van der Waals surface area contributed by atoms with Crippen LogP contribution in [0, 0.1) is 0 Å². The minimum Gasteiger partial charge on any atom is -0.748 e. The molecule has 17 heavy (non-hydrogen) atoms. The van der Waals surface area contributed by atoms with Crippen LogP contribution in [0.25, 0.3) is 0 Å². The summed E-state index contributed by atoms with van der Waals surface area (Å²) in [5.41, 5.74) is 0. The number of hydrogen-bond donors (Lipinski definition) is 0. The molecule has 102 valence electrons. The molecule has 0 radical (unpaired) electrons. The second kappa shape index (κ2) is 8.21. The molecular weight excluding hydrogens is 246 g/mol. The van der Waals surface area contributed by atoms with E-state index in [1.807, 2.05) is 0 Å². The summed E-state index contributed by atoms with van der Waals surface area (Å²) < 4.78 is 33.0. The number of ether oxygens (including phenoxy) is 1. The maximum Gasteiger partial charge on any atom is 0.330 e. The smallest absolute Gasteiger partial charge is 0.330 e. The molecule has 0 aliphatic heterocycles. The number of likely N-dealkylation sites (N-methyl/N-ethyl adjacent to an activating group) is 1. The van der Waals surface area contributed by atoms with Crippen molar-refractivity contribution in [1.29, 1.82) is 0 Å². The van der Waals surface area contributed by atoms with Crippen molar-refractivity contribution in [3.05, 3.63) is 12.7 Å². The fourth-order valence-electron chi connectivity index (χ4n) is 0.610. The van der Waals surface area contributed by atoms with Gasteiger partial charge in [0.05, 0.1) is 30.8 Å². The molecule has 0 saturated carbocycles. The summed E-state index contributed by atoms with van der Waals surface area (Å²) in [6, 6.07) is 0. The van der Waals surface area contributed by atoms with E-state index in [1.165, 1.54) is 6.08 Å². The van der Waals surface area contributed by atoms with Crippen LogP contribution in [0.4, 0.5) is 0 Å². The van der Waals surface area contributed by atoms with Crippen LogP contribution >= 0.6 is 0 Å². The van der Waals surface area contributed by atoms with Crippen molar-refractivity contribution in [2.24, 2.45) is 0 Å². The molecule has 0 fully saturated rings. The van der Waals surface area contributed by atoms with E-state index in [0.717, 1.165) is 17.6 Å². The second-order valence-electron chi connectivity index (χ2n) is 4.05. The molecule has 0 rings (SSSR count). The van der Waals surface area contributed by atoms with Gasteiger partial charge in [-0.05, 0) is 6.92 Å². The van der Waals surface area contributed by atoms with E-state index in [0.29, 0.717) is 12.9 Å². The van der Waals surface area contributed by atoms with Crippen LogP contribution in [0.15, 0.2) is 12.7 Å². The number of esters is 1. The SMILES string of the molecule is C=CC(=O)OCC[N+](C)(C)CC.CS(=O)(=O)[O-]. The first-order valence-electron chi connectivity index (χ1n) is 5.04. The lowest BCUT2D eigenvalue weighted by atomic mass is 10.4. The van der Waals surface area contributed by atoms with Crippen molar-refractivity contribution in [3.63, 3.8) is 0 Å². The third kappa shape index (κ3) is 21.0. The summed E-state index contributed by atoms with van der Waals surface area (Å²) in [6.07, 6.45) is 1.79. The predicted molar refractivity (Wildman–Crippen MR) is 64.3 cm³/mol. The second-order valence-corrected chi connectivity index (χ2v) is 5.46. The van der Waals surface area contributed by atoms with Crippen molar-refractivity contribution in [3.8, 4) is 0 Å². The molecule has 0 spiro atoms. The van der Waals surface area contributed by atoms with Crippen LogP contribution in [0.3, 0.4) is 0 Å². The summed E-state index contributed by atoms with van der Waals surface area (Å²) in [7, 11) is 0.281. The zero-order chi connectivity index (χ0) is 14.1. The van der Waals surface area contributed by atoms with Gasteiger partial charge in [0.25, 0.3) is 0 Å². The van der Waals surface area contributed by atoms with E-state index < -0.39 is 10.1 Å². The number of rotatable bonds is 5. The maximum atomic E-state index is 10.6. The van der Waals surface area contributed by atoms with Gasteiger partial charge in [-0.2, -0.15) is 0 Å². The van der Waals surface area contributed by atoms with Crippen LogP contribution in [0.5, 0.6) is 0 Å². The van der Waals surface area contributed by atoms with E-state index in [2.05, 4.69) is 27.6 Å². The summed E-state index contributed by atoms with van der Waals surface area (Å²) in [6.45, 7) is 7.76. The molecule has 0 aromatic heterocycles. The average Bonchev–Trinajstić information content (AvgIpc) is 2.14. The Kier molecular flexibility index (Phi) is 8.91. The van der Waals surface area contributed by atoms with Crippen molar-refractivity contribution in [2.75, 3.05) is 40.0 Å². The van der Waals surface area contributed by atoms with Crippen molar-refractivity contribution >= 4 is 16.1 Å². The Labute approximate surface area is 103 Å². The van der Waals surface area contributed by atoms with E-state index in [9.17, 15) is 4.79 Å². The van der Waals surface area contributed by atoms with Gasteiger partial charge in [-0.25, -0.2) is 13.2 Å². The Morgan fingerprint density at radius 3 is 2.18 bits per heavy atom. The molecule has 0 aliphatic carbocycles. The molecule has 0 N–H and O–H groups in total. The van der Waals surface area contributed by atoms with E-state index in [1.54, 1.807) is 0 Å². The molecule has 0 aliphatic rings. The minimum absolute atomic E-state index is 0.342. The predicted octanol–water partition coefficient (Wildman–Crippen LogP) is -0.0267. The third-order valence-corrected chi connectivity index (χ3v) is 1.96. The number of quaternary nitrogens is 1. The first kappa shape index (κ1) is 18.4. The Hall–Kier alpha value is -0.920. The van der Waals surface area contributed by atoms with Crippen LogP contribution in [0.2, 0.25) is 0 Å². The molecule has 0 saturated heterocycles. The molecule has 6 nitrogen and oxygen atoms in total. The van der Waals surface area contributed by atoms with Crippen LogP contribution < -0.4 is 0 Å². The number of carbonyl (C=O) groups is 1. The minimum atomic E-state index is -3.92.